The molecule has 0 fully saturated rings. The smallest absolute Gasteiger partial charge is 0.405 e. The summed E-state index contributed by atoms with van der Waals surface area (Å²) in [5, 5.41) is 3.01. The number of carbonyl (C=O) groups excluding carboxylic acids is 1. The number of amides is 1. The van der Waals surface area contributed by atoms with E-state index < -0.39 is 12.1 Å². The molecule has 0 saturated heterocycles. The molecule has 1 N–H and O–H groups in total. The molecule has 0 spiro atoms. The van der Waals surface area contributed by atoms with Gasteiger partial charge < -0.3 is 10.1 Å². The van der Waals surface area contributed by atoms with Gasteiger partial charge in [0, 0.05) is 16.1 Å². The van der Waals surface area contributed by atoms with E-state index in [0.717, 1.165) is 0 Å². The molecule has 0 atom stereocenters. The van der Waals surface area contributed by atoms with Gasteiger partial charge in [-0.2, -0.15) is 0 Å². The third kappa shape index (κ3) is 3.51. The summed E-state index contributed by atoms with van der Waals surface area (Å²) in [5.74, 6) is -0.771. The Hall–Kier alpha value is -2.54. The van der Waals surface area contributed by atoms with Crippen LogP contribution in [0.1, 0.15) is 11.1 Å². The molecule has 2 aromatic carbocycles. The van der Waals surface area contributed by atoms with Gasteiger partial charge in [0.15, 0.2) is 0 Å². The van der Waals surface area contributed by atoms with Crippen LogP contribution in [0.15, 0.2) is 47.5 Å². The average molecular weight is 355 g/mol. The number of aliphatic imine (C=N–C) groups is 1. The van der Waals surface area contributed by atoms with Crippen molar-refractivity contribution in [1.29, 1.82) is 0 Å². The minimum absolute atomic E-state index is 0.120. The number of halogens is 4. The molecule has 2 aromatic rings. The average Bonchev–Trinajstić information content (AvgIpc) is 2.65. The molecule has 1 aliphatic heterocycles. The maximum Gasteiger partial charge on any atom is 0.573 e. The van der Waals surface area contributed by atoms with E-state index in [1.807, 2.05) is 0 Å². The van der Waals surface area contributed by atoms with E-state index in [2.05, 4.69) is 15.0 Å². The van der Waals surface area contributed by atoms with Crippen LogP contribution in [-0.4, -0.2) is 24.5 Å². The molecule has 1 aliphatic rings. The predicted molar refractivity (Wildman–Crippen MR) is 83.7 cm³/mol. The fourth-order valence-electron chi connectivity index (χ4n) is 2.35. The summed E-state index contributed by atoms with van der Waals surface area (Å²) in [7, 11) is 0. The molecule has 1 heterocycles. The van der Waals surface area contributed by atoms with E-state index in [1.54, 1.807) is 18.2 Å². The Labute approximate surface area is 139 Å². The maximum atomic E-state index is 12.6. The zero-order valence-corrected chi connectivity index (χ0v) is 12.8. The van der Waals surface area contributed by atoms with Gasteiger partial charge in [-0.1, -0.05) is 23.7 Å². The lowest BCUT2D eigenvalue weighted by Crippen LogP contribution is -2.19. The highest BCUT2D eigenvalue weighted by atomic mass is 35.5. The Kier molecular flexibility index (Phi) is 4.19. The minimum Gasteiger partial charge on any atom is -0.405 e. The van der Waals surface area contributed by atoms with Crippen LogP contribution in [0.4, 0.5) is 18.9 Å². The number of benzene rings is 2. The number of rotatable bonds is 2. The first kappa shape index (κ1) is 16.3. The number of carbonyl (C=O) groups is 1. The van der Waals surface area contributed by atoms with Crippen molar-refractivity contribution in [2.45, 2.75) is 6.36 Å². The molecule has 0 aliphatic carbocycles. The molecule has 0 aromatic heterocycles. The van der Waals surface area contributed by atoms with Gasteiger partial charge in [0.25, 0.3) is 0 Å². The van der Waals surface area contributed by atoms with Crippen molar-refractivity contribution in [3.8, 4) is 5.75 Å². The highest BCUT2D eigenvalue weighted by Gasteiger charge is 2.33. The van der Waals surface area contributed by atoms with Gasteiger partial charge in [0.1, 0.15) is 12.3 Å². The van der Waals surface area contributed by atoms with E-state index >= 15 is 0 Å². The van der Waals surface area contributed by atoms with Gasteiger partial charge in [-0.15, -0.1) is 13.2 Å². The molecule has 4 nitrogen and oxygen atoms in total. The Morgan fingerprint density at radius 2 is 1.88 bits per heavy atom. The van der Waals surface area contributed by atoms with Gasteiger partial charge in [0.05, 0.1) is 11.4 Å². The second-order valence-electron chi connectivity index (χ2n) is 4.95. The van der Waals surface area contributed by atoms with Crippen LogP contribution in [0, 0.1) is 0 Å². The number of ether oxygens (including phenoxy) is 1. The van der Waals surface area contributed by atoms with Gasteiger partial charge >= 0.3 is 6.36 Å². The number of hydrogen-bond donors (Lipinski definition) is 1. The summed E-state index contributed by atoms with van der Waals surface area (Å²) in [6, 6.07) is 10.3. The molecule has 3 rings (SSSR count). The number of benzodiazepines with no additional fused rings is 1. The zero-order chi connectivity index (χ0) is 17.3. The van der Waals surface area contributed by atoms with E-state index in [9.17, 15) is 18.0 Å². The summed E-state index contributed by atoms with van der Waals surface area (Å²) < 4.78 is 42.0. The standard InChI is InChI=1S/C16H10ClF3N2O2/c17-9-5-6-12-11(7-9)15(21-8-14(23)22-12)10-3-1-2-4-13(10)24-16(18,19)20/h1-7H,8H2,(H,22,23). The predicted octanol–water partition coefficient (Wildman–Crippen LogP) is 4.03. The summed E-state index contributed by atoms with van der Waals surface area (Å²) in [6.07, 6.45) is -4.84. The summed E-state index contributed by atoms with van der Waals surface area (Å²) in [5.41, 5.74) is 1.16. The molecule has 8 heteroatoms. The second kappa shape index (κ2) is 6.16. The van der Waals surface area contributed by atoms with E-state index in [4.69, 9.17) is 11.6 Å². The number of fused-ring (bicyclic) bond motifs is 1. The van der Waals surface area contributed by atoms with Gasteiger partial charge in [-0.25, -0.2) is 0 Å². The number of anilines is 1. The number of nitrogens with zero attached hydrogens (tertiary/aromatic N) is 1. The largest absolute Gasteiger partial charge is 0.573 e. The van der Waals surface area contributed by atoms with Crippen molar-refractivity contribution in [2.24, 2.45) is 4.99 Å². The number of para-hydroxylation sites is 1. The third-order valence-electron chi connectivity index (χ3n) is 3.26. The molecular formula is C16H10ClF3N2O2. The first-order valence-corrected chi connectivity index (χ1v) is 7.21. The minimum atomic E-state index is -4.84. The van der Waals surface area contributed by atoms with Crippen LogP contribution in [0.2, 0.25) is 5.02 Å². The highest BCUT2D eigenvalue weighted by molar-refractivity contribution is 6.32. The lowest BCUT2D eigenvalue weighted by Gasteiger charge is -2.15. The van der Waals surface area contributed by atoms with Crippen LogP contribution in [0.25, 0.3) is 0 Å². The first-order chi connectivity index (χ1) is 11.3. The monoisotopic (exact) mass is 354 g/mol. The van der Waals surface area contributed by atoms with E-state index in [1.165, 1.54) is 24.3 Å². The van der Waals surface area contributed by atoms with Crippen LogP contribution in [0.5, 0.6) is 5.75 Å². The Balaban J connectivity index is 2.16. The quantitative estimate of drug-likeness (QED) is 0.885. The SMILES string of the molecule is O=C1CN=C(c2ccccc2OC(F)(F)F)c2cc(Cl)ccc2N1. The number of alkyl halides is 3. The Morgan fingerprint density at radius 3 is 2.62 bits per heavy atom. The van der Waals surface area contributed by atoms with Gasteiger partial charge in [-0.3, -0.25) is 9.79 Å². The molecule has 0 bridgehead atoms. The lowest BCUT2D eigenvalue weighted by atomic mass is 10.00. The van der Waals surface area contributed by atoms with Gasteiger partial charge in [0.2, 0.25) is 5.91 Å². The van der Waals surface area contributed by atoms with Crippen molar-refractivity contribution in [1.82, 2.24) is 0 Å². The molecule has 1 amide bonds. The first-order valence-electron chi connectivity index (χ1n) is 6.83. The zero-order valence-electron chi connectivity index (χ0n) is 12.0. The molecule has 124 valence electrons. The van der Waals surface area contributed by atoms with Crippen LogP contribution < -0.4 is 10.1 Å². The molecular weight excluding hydrogens is 345 g/mol. The third-order valence-corrected chi connectivity index (χ3v) is 3.49. The topological polar surface area (TPSA) is 50.7 Å². The van der Waals surface area contributed by atoms with Crippen molar-refractivity contribution in [2.75, 3.05) is 11.9 Å². The fourth-order valence-corrected chi connectivity index (χ4v) is 2.53. The fraction of sp³-hybridized carbons (Fsp3) is 0.125. The van der Waals surface area contributed by atoms with Crippen molar-refractivity contribution in [3.63, 3.8) is 0 Å². The summed E-state index contributed by atoms with van der Waals surface area (Å²) in [4.78, 5) is 15.9. The summed E-state index contributed by atoms with van der Waals surface area (Å²) >= 11 is 5.99. The highest BCUT2D eigenvalue weighted by Crippen LogP contribution is 2.32. The van der Waals surface area contributed by atoms with Gasteiger partial charge in [-0.05, 0) is 30.3 Å². The van der Waals surface area contributed by atoms with Crippen LogP contribution >= 0.6 is 11.6 Å². The van der Waals surface area contributed by atoms with E-state index in [0.29, 0.717) is 16.3 Å². The van der Waals surface area contributed by atoms with Crippen LogP contribution in [-0.2, 0) is 4.79 Å². The van der Waals surface area contributed by atoms with E-state index in [-0.39, 0.29) is 23.7 Å². The number of hydrogen-bond acceptors (Lipinski definition) is 3. The van der Waals surface area contributed by atoms with Crippen molar-refractivity contribution < 1.29 is 22.7 Å². The van der Waals surface area contributed by atoms with Crippen LogP contribution in [0.3, 0.4) is 0 Å². The number of nitrogens with one attached hydrogen (secondary N) is 1. The normalized spacial score (nSPS) is 14.3. The molecule has 0 radical (unpaired) electrons. The lowest BCUT2D eigenvalue weighted by molar-refractivity contribution is -0.274. The second-order valence-corrected chi connectivity index (χ2v) is 5.38. The molecule has 0 saturated carbocycles. The van der Waals surface area contributed by atoms with Crippen molar-refractivity contribution >= 4 is 28.9 Å². The molecule has 0 unspecified atom stereocenters. The Morgan fingerprint density at radius 1 is 1.12 bits per heavy atom. The van der Waals surface area contributed by atoms with Crippen molar-refractivity contribution in [3.05, 3.63) is 58.6 Å². The molecule has 24 heavy (non-hydrogen) atoms. The maximum absolute atomic E-state index is 12.6. The summed E-state index contributed by atoms with van der Waals surface area (Å²) in [6.45, 7) is -0.220. The Bertz CT molecular complexity index is 834.